The molecule has 3 nitrogen and oxygen atoms in total. The van der Waals surface area contributed by atoms with E-state index < -0.39 is 0 Å². The van der Waals surface area contributed by atoms with Crippen LogP contribution in [0.3, 0.4) is 0 Å². The van der Waals surface area contributed by atoms with Crippen molar-refractivity contribution in [2.24, 2.45) is 0 Å². The predicted octanol–water partition coefficient (Wildman–Crippen LogP) is 3.47. The minimum Gasteiger partial charge on any atom is -0.325 e. The second-order valence-corrected chi connectivity index (χ2v) is 6.00. The molecule has 1 aromatic heterocycles. The van der Waals surface area contributed by atoms with E-state index in [1.807, 2.05) is 0 Å². The first-order valence-electron chi connectivity index (χ1n) is 7.37. The quantitative estimate of drug-likeness (QED) is 0.892. The van der Waals surface area contributed by atoms with Gasteiger partial charge in [-0.05, 0) is 52.3 Å². The standard InChI is InChI=1S/C16H23N3/c1-11(2)19-15-7-5-4-6-14(15)18-16(19)13-8-9-17-12(3)10-13/h4-7,11-13,17H,8-10H2,1-3H3. The topological polar surface area (TPSA) is 29.9 Å². The van der Waals surface area contributed by atoms with Crippen LogP contribution >= 0.6 is 0 Å². The molecule has 2 unspecified atom stereocenters. The SMILES string of the molecule is CC1CC(c2nc3ccccc3n2C(C)C)CCN1. The van der Waals surface area contributed by atoms with Crippen LogP contribution in [0.25, 0.3) is 11.0 Å². The molecule has 1 saturated heterocycles. The molecule has 1 aliphatic heterocycles. The Labute approximate surface area is 115 Å². The van der Waals surface area contributed by atoms with Crippen LogP contribution < -0.4 is 5.32 Å². The summed E-state index contributed by atoms with van der Waals surface area (Å²) >= 11 is 0. The number of para-hydroxylation sites is 2. The van der Waals surface area contributed by atoms with Crippen LogP contribution in [0.15, 0.2) is 24.3 Å². The minimum atomic E-state index is 0.465. The molecule has 19 heavy (non-hydrogen) atoms. The highest BCUT2D eigenvalue weighted by atomic mass is 15.1. The molecule has 102 valence electrons. The van der Waals surface area contributed by atoms with Gasteiger partial charge < -0.3 is 9.88 Å². The van der Waals surface area contributed by atoms with Crippen molar-refractivity contribution in [3.8, 4) is 0 Å². The van der Waals surface area contributed by atoms with Gasteiger partial charge in [0.1, 0.15) is 5.82 Å². The molecule has 3 heteroatoms. The van der Waals surface area contributed by atoms with Crippen molar-refractivity contribution in [1.82, 2.24) is 14.9 Å². The molecule has 0 saturated carbocycles. The number of piperidine rings is 1. The van der Waals surface area contributed by atoms with Crippen LogP contribution in [0.5, 0.6) is 0 Å². The number of nitrogens with zero attached hydrogens (tertiary/aromatic N) is 2. The van der Waals surface area contributed by atoms with Crippen LogP contribution in [0.4, 0.5) is 0 Å². The molecule has 2 atom stereocenters. The Bertz CT molecular complexity index is 570. The zero-order chi connectivity index (χ0) is 13.4. The summed E-state index contributed by atoms with van der Waals surface area (Å²) in [5, 5.41) is 3.53. The van der Waals surface area contributed by atoms with E-state index in [4.69, 9.17) is 4.98 Å². The van der Waals surface area contributed by atoms with Gasteiger partial charge in [-0.2, -0.15) is 0 Å². The monoisotopic (exact) mass is 257 g/mol. The number of benzene rings is 1. The molecular formula is C16H23N3. The van der Waals surface area contributed by atoms with E-state index in [1.165, 1.54) is 24.2 Å². The Morgan fingerprint density at radius 3 is 2.84 bits per heavy atom. The molecule has 3 rings (SSSR count). The molecule has 0 aliphatic carbocycles. The van der Waals surface area contributed by atoms with Gasteiger partial charge in [-0.3, -0.25) is 0 Å². The highest BCUT2D eigenvalue weighted by Gasteiger charge is 2.25. The number of hydrogen-bond donors (Lipinski definition) is 1. The van der Waals surface area contributed by atoms with E-state index in [9.17, 15) is 0 Å². The van der Waals surface area contributed by atoms with Crippen LogP contribution in [-0.4, -0.2) is 22.1 Å². The van der Waals surface area contributed by atoms with Gasteiger partial charge in [0.25, 0.3) is 0 Å². The maximum atomic E-state index is 4.93. The lowest BCUT2D eigenvalue weighted by atomic mass is 9.92. The predicted molar refractivity (Wildman–Crippen MR) is 79.6 cm³/mol. The Balaban J connectivity index is 2.09. The summed E-state index contributed by atoms with van der Waals surface area (Å²) in [7, 11) is 0. The molecule has 0 radical (unpaired) electrons. The number of hydrogen-bond acceptors (Lipinski definition) is 2. The number of imidazole rings is 1. The Morgan fingerprint density at radius 2 is 2.11 bits per heavy atom. The third-order valence-electron chi connectivity index (χ3n) is 4.13. The van der Waals surface area contributed by atoms with Gasteiger partial charge in [0.05, 0.1) is 11.0 Å². The highest BCUT2D eigenvalue weighted by molar-refractivity contribution is 5.76. The van der Waals surface area contributed by atoms with Gasteiger partial charge in [0.15, 0.2) is 0 Å². The van der Waals surface area contributed by atoms with E-state index in [-0.39, 0.29) is 0 Å². The molecule has 0 amide bonds. The van der Waals surface area contributed by atoms with Crippen molar-refractivity contribution in [1.29, 1.82) is 0 Å². The second-order valence-electron chi connectivity index (χ2n) is 6.00. The van der Waals surface area contributed by atoms with Crippen LogP contribution in [0.1, 0.15) is 51.4 Å². The van der Waals surface area contributed by atoms with Crippen molar-refractivity contribution in [3.05, 3.63) is 30.1 Å². The molecule has 0 spiro atoms. The first-order valence-corrected chi connectivity index (χ1v) is 7.37. The zero-order valence-electron chi connectivity index (χ0n) is 12.1. The van der Waals surface area contributed by atoms with Crippen molar-refractivity contribution < 1.29 is 0 Å². The summed E-state index contributed by atoms with van der Waals surface area (Å²) in [6.07, 6.45) is 2.39. The van der Waals surface area contributed by atoms with Crippen molar-refractivity contribution in [2.75, 3.05) is 6.54 Å². The van der Waals surface area contributed by atoms with Crippen molar-refractivity contribution in [3.63, 3.8) is 0 Å². The van der Waals surface area contributed by atoms with Gasteiger partial charge in [0.2, 0.25) is 0 Å². The van der Waals surface area contributed by atoms with Gasteiger partial charge in [0, 0.05) is 18.0 Å². The first kappa shape index (κ1) is 12.7. The maximum absolute atomic E-state index is 4.93. The molecule has 2 heterocycles. The van der Waals surface area contributed by atoms with Gasteiger partial charge in [-0.1, -0.05) is 12.1 Å². The average Bonchev–Trinajstić information content (AvgIpc) is 2.78. The van der Waals surface area contributed by atoms with Crippen molar-refractivity contribution in [2.45, 2.75) is 51.6 Å². The van der Waals surface area contributed by atoms with Gasteiger partial charge in [-0.25, -0.2) is 4.98 Å². The lowest BCUT2D eigenvalue weighted by Crippen LogP contribution is -2.35. The number of fused-ring (bicyclic) bond motifs is 1. The largest absolute Gasteiger partial charge is 0.325 e. The smallest absolute Gasteiger partial charge is 0.113 e. The summed E-state index contributed by atoms with van der Waals surface area (Å²) < 4.78 is 2.43. The Kier molecular flexibility index (Phi) is 3.31. The molecule has 2 aromatic rings. The van der Waals surface area contributed by atoms with Crippen LogP contribution in [0.2, 0.25) is 0 Å². The molecule has 1 aliphatic rings. The lowest BCUT2D eigenvalue weighted by Gasteiger charge is -2.28. The minimum absolute atomic E-state index is 0.465. The lowest BCUT2D eigenvalue weighted by molar-refractivity contribution is 0.360. The number of rotatable bonds is 2. The molecule has 0 bridgehead atoms. The Morgan fingerprint density at radius 1 is 1.32 bits per heavy atom. The summed E-state index contributed by atoms with van der Waals surface area (Å²) in [5.74, 6) is 1.87. The highest BCUT2D eigenvalue weighted by Crippen LogP contribution is 2.32. The van der Waals surface area contributed by atoms with Crippen LogP contribution in [-0.2, 0) is 0 Å². The summed E-state index contributed by atoms with van der Waals surface area (Å²) in [4.78, 5) is 4.93. The summed E-state index contributed by atoms with van der Waals surface area (Å²) in [6.45, 7) is 7.88. The number of aromatic nitrogens is 2. The van der Waals surface area contributed by atoms with Gasteiger partial charge >= 0.3 is 0 Å². The summed E-state index contributed by atoms with van der Waals surface area (Å²) in [6, 6.07) is 9.57. The van der Waals surface area contributed by atoms with E-state index >= 15 is 0 Å². The van der Waals surface area contributed by atoms with Crippen molar-refractivity contribution >= 4 is 11.0 Å². The van der Waals surface area contributed by atoms with Gasteiger partial charge in [-0.15, -0.1) is 0 Å². The number of nitrogens with one attached hydrogen (secondary N) is 1. The molecule has 1 aromatic carbocycles. The fraction of sp³-hybridized carbons (Fsp3) is 0.562. The Hall–Kier alpha value is -1.35. The van der Waals surface area contributed by atoms with E-state index in [0.29, 0.717) is 18.0 Å². The maximum Gasteiger partial charge on any atom is 0.113 e. The third-order valence-corrected chi connectivity index (χ3v) is 4.13. The normalized spacial score (nSPS) is 24.2. The molecular weight excluding hydrogens is 234 g/mol. The van der Waals surface area contributed by atoms with Crippen LogP contribution in [0, 0.1) is 0 Å². The summed E-state index contributed by atoms with van der Waals surface area (Å²) in [5.41, 5.74) is 2.41. The van der Waals surface area contributed by atoms with E-state index in [2.05, 4.69) is 54.9 Å². The third kappa shape index (κ3) is 2.27. The molecule has 1 fully saturated rings. The second kappa shape index (κ2) is 4.97. The fourth-order valence-electron chi connectivity index (χ4n) is 3.26. The molecule has 1 N–H and O–H groups in total. The first-order chi connectivity index (χ1) is 9.16. The van der Waals surface area contributed by atoms with E-state index in [1.54, 1.807) is 0 Å². The zero-order valence-corrected chi connectivity index (χ0v) is 12.1. The average molecular weight is 257 g/mol. The van der Waals surface area contributed by atoms with E-state index in [0.717, 1.165) is 12.1 Å². The fourth-order valence-corrected chi connectivity index (χ4v) is 3.26.